The van der Waals surface area contributed by atoms with Crippen LogP contribution in [-0.4, -0.2) is 33.8 Å². The van der Waals surface area contributed by atoms with E-state index in [1.54, 1.807) is 4.90 Å². The van der Waals surface area contributed by atoms with E-state index in [2.05, 4.69) is 15.9 Å². The van der Waals surface area contributed by atoms with Crippen molar-refractivity contribution >= 4 is 21.8 Å². The first-order chi connectivity index (χ1) is 9.04. The van der Waals surface area contributed by atoms with Gasteiger partial charge in [-0.1, -0.05) is 29.8 Å². The zero-order chi connectivity index (χ0) is 14.4. The van der Waals surface area contributed by atoms with Crippen molar-refractivity contribution in [2.45, 2.75) is 32.7 Å². The maximum Gasteiger partial charge on any atom is 0.257 e. The van der Waals surface area contributed by atoms with Crippen LogP contribution in [0.1, 0.15) is 37.0 Å². The number of halogens is 2. The highest BCUT2D eigenvalue weighted by atomic mass is 79.9. The smallest absolute Gasteiger partial charge is 0.257 e. The van der Waals surface area contributed by atoms with Crippen LogP contribution < -0.4 is 0 Å². The Morgan fingerprint density at radius 2 is 2.05 bits per heavy atom. The summed E-state index contributed by atoms with van der Waals surface area (Å²) in [4.78, 5) is 14.2. The molecule has 0 saturated heterocycles. The molecule has 0 saturated carbocycles. The van der Waals surface area contributed by atoms with Crippen molar-refractivity contribution < 1.29 is 14.3 Å². The molecule has 0 heterocycles. The first-order valence-corrected chi connectivity index (χ1v) is 7.52. The average molecular weight is 332 g/mol. The average Bonchev–Trinajstić information content (AvgIpc) is 2.38. The number of rotatable bonds is 6. The molecule has 1 aromatic carbocycles. The van der Waals surface area contributed by atoms with Crippen molar-refractivity contribution in [3.8, 4) is 5.75 Å². The second-order valence-corrected chi connectivity index (χ2v) is 5.11. The molecule has 0 bridgehead atoms. The van der Waals surface area contributed by atoms with E-state index in [-0.39, 0.29) is 23.3 Å². The maximum absolute atomic E-state index is 13.0. The van der Waals surface area contributed by atoms with Crippen LogP contribution in [0.5, 0.6) is 5.75 Å². The zero-order valence-electron chi connectivity index (χ0n) is 11.2. The molecule has 1 amide bonds. The summed E-state index contributed by atoms with van der Waals surface area (Å²) in [5, 5.41) is 10.4. The van der Waals surface area contributed by atoms with Crippen LogP contribution in [0.15, 0.2) is 18.2 Å². The number of hydrogen-bond donors (Lipinski definition) is 1. The normalized spacial score (nSPS) is 10.8. The van der Waals surface area contributed by atoms with Crippen molar-refractivity contribution in [3.63, 3.8) is 0 Å². The lowest BCUT2D eigenvalue weighted by molar-refractivity contribution is 0.0680. The number of alkyl halides is 1. The van der Waals surface area contributed by atoms with Crippen molar-refractivity contribution in [3.05, 3.63) is 29.6 Å². The molecule has 1 aromatic rings. The van der Waals surface area contributed by atoms with Crippen LogP contribution in [0, 0.1) is 5.82 Å². The molecule has 0 aliphatic carbocycles. The molecule has 0 unspecified atom stereocenters. The van der Waals surface area contributed by atoms with Crippen molar-refractivity contribution in [1.29, 1.82) is 0 Å². The van der Waals surface area contributed by atoms with Crippen LogP contribution >= 0.6 is 15.9 Å². The van der Waals surface area contributed by atoms with E-state index in [0.29, 0.717) is 11.9 Å². The lowest BCUT2D eigenvalue weighted by atomic mass is 10.1. The van der Waals surface area contributed by atoms with Crippen LogP contribution in [-0.2, 0) is 0 Å². The van der Waals surface area contributed by atoms with Crippen LogP contribution in [0.4, 0.5) is 4.39 Å². The molecule has 0 radical (unpaired) electrons. The zero-order valence-corrected chi connectivity index (χ0v) is 12.8. The summed E-state index contributed by atoms with van der Waals surface area (Å²) in [6, 6.07) is 3.60. The molecule has 0 spiro atoms. The number of carbonyl (C=O) groups is 1. The van der Waals surface area contributed by atoms with Crippen molar-refractivity contribution in [2.75, 3.05) is 11.9 Å². The lowest BCUT2D eigenvalue weighted by Crippen LogP contribution is -2.41. The molecular weight excluding hydrogens is 313 g/mol. The summed E-state index contributed by atoms with van der Waals surface area (Å²) in [7, 11) is 0. The predicted octanol–water partition coefficient (Wildman–Crippen LogP) is 3.56. The van der Waals surface area contributed by atoms with Gasteiger partial charge in [-0.15, -0.1) is 0 Å². The van der Waals surface area contributed by atoms with E-state index in [9.17, 15) is 14.3 Å². The molecule has 1 N–H and O–H groups in total. The number of carbonyl (C=O) groups excluding carboxylic acids is 1. The van der Waals surface area contributed by atoms with Gasteiger partial charge in [0.05, 0.1) is 5.56 Å². The number of phenols is 1. The van der Waals surface area contributed by atoms with Gasteiger partial charge < -0.3 is 10.0 Å². The molecule has 1 rings (SSSR count). The first-order valence-electron chi connectivity index (χ1n) is 6.40. The largest absolute Gasteiger partial charge is 0.507 e. The SMILES string of the molecule is CCC(CC)N(CCBr)C(=O)c1ccc(F)cc1O. The fourth-order valence-corrected chi connectivity index (χ4v) is 2.49. The van der Waals surface area contributed by atoms with Gasteiger partial charge in [0.15, 0.2) is 0 Å². The van der Waals surface area contributed by atoms with Crippen LogP contribution in [0.3, 0.4) is 0 Å². The highest BCUT2D eigenvalue weighted by molar-refractivity contribution is 9.09. The highest BCUT2D eigenvalue weighted by Gasteiger charge is 2.24. The number of benzene rings is 1. The first kappa shape index (κ1) is 16.0. The number of hydrogen-bond acceptors (Lipinski definition) is 2. The monoisotopic (exact) mass is 331 g/mol. The minimum Gasteiger partial charge on any atom is -0.507 e. The minimum absolute atomic E-state index is 0.120. The Labute approximate surface area is 121 Å². The predicted molar refractivity (Wildman–Crippen MR) is 77.3 cm³/mol. The third kappa shape index (κ3) is 3.93. The second kappa shape index (κ2) is 7.48. The maximum atomic E-state index is 13.0. The van der Waals surface area contributed by atoms with Gasteiger partial charge in [-0.05, 0) is 25.0 Å². The van der Waals surface area contributed by atoms with E-state index in [4.69, 9.17) is 0 Å². The Morgan fingerprint density at radius 3 is 2.53 bits per heavy atom. The van der Waals surface area contributed by atoms with E-state index < -0.39 is 5.82 Å². The van der Waals surface area contributed by atoms with Gasteiger partial charge in [0.1, 0.15) is 11.6 Å². The van der Waals surface area contributed by atoms with Crippen LogP contribution in [0.2, 0.25) is 0 Å². The van der Waals surface area contributed by atoms with Crippen molar-refractivity contribution in [1.82, 2.24) is 4.90 Å². The summed E-state index contributed by atoms with van der Waals surface area (Å²) < 4.78 is 13.0. The molecular formula is C14H19BrFNO2. The lowest BCUT2D eigenvalue weighted by Gasteiger charge is -2.30. The summed E-state index contributed by atoms with van der Waals surface area (Å²) in [5.74, 6) is -1.12. The van der Waals surface area contributed by atoms with Gasteiger partial charge in [-0.2, -0.15) is 0 Å². The van der Waals surface area contributed by atoms with E-state index in [1.165, 1.54) is 12.1 Å². The Bertz CT molecular complexity index is 435. The van der Waals surface area contributed by atoms with Gasteiger partial charge >= 0.3 is 0 Å². The van der Waals surface area contributed by atoms with E-state index in [0.717, 1.165) is 18.9 Å². The standard InChI is InChI=1S/C14H19BrFNO2/c1-3-11(4-2)17(8-7-15)14(19)12-6-5-10(16)9-13(12)18/h5-6,9,11,18H,3-4,7-8H2,1-2H3. The number of nitrogens with zero attached hydrogens (tertiary/aromatic N) is 1. The summed E-state index contributed by atoms with van der Waals surface area (Å²) >= 11 is 3.33. The number of phenolic OH excluding ortho intramolecular Hbond substituents is 1. The van der Waals surface area contributed by atoms with Crippen LogP contribution in [0.25, 0.3) is 0 Å². The summed E-state index contributed by atoms with van der Waals surface area (Å²) in [5.41, 5.74) is 0.147. The Balaban J connectivity index is 3.04. The molecule has 0 aliphatic heterocycles. The number of amides is 1. The fourth-order valence-electron chi connectivity index (χ4n) is 2.11. The van der Waals surface area contributed by atoms with E-state index >= 15 is 0 Å². The van der Waals surface area contributed by atoms with Gasteiger partial charge in [0.2, 0.25) is 0 Å². The Morgan fingerprint density at radius 1 is 1.42 bits per heavy atom. The molecule has 19 heavy (non-hydrogen) atoms. The molecule has 0 aliphatic rings. The summed E-state index contributed by atoms with van der Waals surface area (Å²) in [6.07, 6.45) is 1.69. The minimum atomic E-state index is -0.552. The molecule has 3 nitrogen and oxygen atoms in total. The van der Waals surface area contributed by atoms with E-state index in [1.807, 2.05) is 13.8 Å². The van der Waals surface area contributed by atoms with Gasteiger partial charge in [0, 0.05) is 24.0 Å². The van der Waals surface area contributed by atoms with Gasteiger partial charge in [-0.3, -0.25) is 4.79 Å². The molecule has 106 valence electrons. The molecule has 0 fully saturated rings. The highest BCUT2D eigenvalue weighted by Crippen LogP contribution is 2.22. The Hall–Kier alpha value is -1.10. The third-order valence-corrected chi connectivity index (χ3v) is 3.51. The second-order valence-electron chi connectivity index (χ2n) is 4.32. The third-order valence-electron chi connectivity index (χ3n) is 3.16. The fraction of sp³-hybridized carbons (Fsp3) is 0.500. The Kier molecular flexibility index (Phi) is 6.28. The van der Waals surface area contributed by atoms with Crippen molar-refractivity contribution in [2.24, 2.45) is 0 Å². The topological polar surface area (TPSA) is 40.5 Å². The quantitative estimate of drug-likeness (QED) is 0.809. The number of aromatic hydroxyl groups is 1. The molecule has 5 heteroatoms. The van der Waals surface area contributed by atoms with Gasteiger partial charge in [-0.25, -0.2) is 4.39 Å². The summed E-state index contributed by atoms with van der Waals surface area (Å²) in [6.45, 7) is 4.60. The molecule has 0 aromatic heterocycles. The van der Waals surface area contributed by atoms with Gasteiger partial charge in [0.25, 0.3) is 5.91 Å². The molecule has 0 atom stereocenters.